The highest BCUT2D eigenvalue weighted by atomic mass is 32.1. The average Bonchev–Trinajstić information content (AvgIpc) is 2.89. The van der Waals surface area contributed by atoms with E-state index in [1.165, 1.54) is 23.4 Å². The van der Waals surface area contributed by atoms with Gasteiger partial charge in [-0.25, -0.2) is 9.37 Å². The lowest BCUT2D eigenvalue weighted by molar-refractivity contribution is 0.605. The lowest BCUT2D eigenvalue weighted by Crippen LogP contribution is -2.22. The Morgan fingerprint density at radius 2 is 2.14 bits per heavy atom. The largest absolute Gasteiger partial charge is 0.305 e. The summed E-state index contributed by atoms with van der Waals surface area (Å²) in [5, 5.41) is 4.63. The number of thiazole rings is 1. The highest BCUT2D eigenvalue weighted by molar-refractivity contribution is 7.11. The summed E-state index contributed by atoms with van der Waals surface area (Å²) < 4.78 is 13.4. The van der Waals surface area contributed by atoms with Gasteiger partial charge in [0.15, 0.2) is 0 Å². The Morgan fingerprint density at radius 1 is 1.33 bits per heavy atom. The highest BCUT2D eigenvalue weighted by Gasteiger charge is 2.23. The molecule has 1 atom stereocenters. The van der Waals surface area contributed by atoms with Crippen LogP contribution in [0.5, 0.6) is 0 Å². The van der Waals surface area contributed by atoms with Crippen LogP contribution in [0.4, 0.5) is 4.39 Å². The third-order valence-electron chi connectivity index (χ3n) is 4.06. The normalized spacial score (nSPS) is 15.8. The van der Waals surface area contributed by atoms with E-state index < -0.39 is 0 Å². The van der Waals surface area contributed by atoms with Crippen LogP contribution >= 0.6 is 11.3 Å². The minimum Gasteiger partial charge on any atom is -0.305 e. The van der Waals surface area contributed by atoms with E-state index in [-0.39, 0.29) is 11.9 Å². The molecule has 1 N–H and O–H groups in total. The van der Waals surface area contributed by atoms with Crippen LogP contribution in [0.15, 0.2) is 18.2 Å². The van der Waals surface area contributed by atoms with E-state index in [4.69, 9.17) is 4.98 Å². The number of fused-ring (bicyclic) bond motifs is 1. The number of aromatic nitrogens is 1. The number of aryl methyl sites for hydroxylation is 3. The molecule has 1 aromatic carbocycles. The van der Waals surface area contributed by atoms with E-state index >= 15 is 0 Å². The first-order valence-electron chi connectivity index (χ1n) is 7.67. The number of hydrogen-bond acceptors (Lipinski definition) is 3. The second kappa shape index (κ2) is 6.24. The zero-order chi connectivity index (χ0) is 14.8. The summed E-state index contributed by atoms with van der Waals surface area (Å²) in [7, 11) is 0. The fourth-order valence-electron chi connectivity index (χ4n) is 2.99. The minimum atomic E-state index is -0.176. The van der Waals surface area contributed by atoms with Gasteiger partial charge < -0.3 is 5.32 Å². The molecular formula is C17H21FN2S. The van der Waals surface area contributed by atoms with Crippen molar-refractivity contribution < 1.29 is 4.39 Å². The van der Waals surface area contributed by atoms with Crippen LogP contribution in [-0.2, 0) is 12.8 Å². The van der Waals surface area contributed by atoms with Crippen molar-refractivity contribution in [3.63, 3.8) is 0 Å². The Labute approximate surface area is 129 Å². The summed E-state index contributed by atoms with van der Waals surface area (Å²) in [6, 6.07) is 5.11. The first kappa shape index (κ1) is 14.7. The summed E-state index contributed by atoms with van der Waals surface area (Å²) in [6.45, 7) is 4.93. The molecular weight excluding hydrogens is 283 g/mol. The van der Waals surface area contributed by atoms with Gasteiger partial charge in [-0.2, -0.15) is 0 Å². The fraction of sp³-hybridized carbons (Fsp3) is 0.471. The molecule has 1 aromatic heterocycles. The predicted octanol–water partition coefficient (Wildman–Crippen LogP) is 4.17. The van der Waals surface area contributed by atoms with Gasteiger partial charge in [0.05, 0.1) is 11.7 Å². The van der Waals surface area contributed by atoms with Crippen molar-refractivity contribution in [2.75, 3.05) is 6.54 Å². The molecule has 4 heteroatoms. The number of nitrogens with one attached hydrogen (secondary N) is 1. The molecule has 112 valence electrons. The summed E-state index contributed by atoms with van der Waals surface area (Å²) in [5.74, 6) is -0.176. The smallest absolute Gasteiger partial charge is 0.123 e. The van der Waals surface area contributed by atoms with Crippen molar-refractivity contribution >= 4 is 11.3 Å². The lowest BCUT2D eigenvalue weighted by Gasteiger charge is -2.18. The number of benzene rings is 1. The van der Waals surface area contributed by atoms with Crippen LogP contribution in [0.1, 0.15) is 52.5 Å². The van der Waals surface area contributed by atoms with Crippen molar-refractivity contribution in [2.45, 2.75) is 45.6 Å². The van der Waals surface area contributed by atoms with Crippen molar-refractivity contribution in [1.29, 1.82) is 0 Å². The Bertz CT molecular complexity index is 612. The van der Waals surface area contributed by atoms with Crippen LogP contribution in [0.2, 0.25) is 0 Å². The van der Waals surface area contributed by atoms with Gasteiger partial charge in [0.25, 0.3) is 0 Å². The summed E-state index contributed by atoms with van der Waals surface area (Å²) >= 11 is 1.82. The van der Waals surface area contributed by atoms with E-state index in [0.29, 0.717) is 0 Å². The zero-order valence-corrected chi connectivity index (χ0v) is 13.4. The molecule has 0 saturated heterocycles. The number of hydrogen-bond donors (Lipinski definition) is 1. The maximum atomic E-state index is 13.4. The van der Waals surface area contributed by atoms with Crippen LogP contribution in [-0.4, -0.2) is 11.5 Å². The van der Waals surface area contributed by atoms with Gasteiger partial charge in [-0.3, -0.25) is 0 Å². The van der Waals surface area contributed by atoms with Crippen molar-refractivity contribution in [3.05, 3.63) is 50.7 Å². The first-order chi connectivity index (χ1) is 10.2. The van der Waals surface area contributed by atoms with Crippen molar-refractivity contribution in [3.8, 4) is 0 Å². The highest BCUT2D eigenvalue weighted by Crippen LogP contribution is 2.33. The molecule has 0 spiro atoms. The Morgan fingerprint density at radius 3 is 2.86 bits per heavy atom. The van der Waals surface area contributed by atoms with Crippen molar-refractivity contribution in [2.24, 2.45) is 0 Å². The van der Waals surface area contributed by atoms with Crippen molar-refractivity contribution in [1.82, 2.24) is 10.3 Å². The maximum absolute atomic E-state index is 13.4. The van der Waals surface area contributed by atoms with Gasteiger partial charge in [0.1, 0.15) is 10.8 Å². The molecule has 2 aromatic rings. The molecule has 0 amide bonds. The molecule has 1 heterocycles. The van der Waals surface area contributed by atoms with Crippen LogP contribution < -0.4 is 5.32 Å². The zero-order valence-electron chi connectivity index (χ0n) is 12.6. The van der Waals surface area contributed by atoms with Gasteiger partial charge in [0.2, 0.25) is 0 Å². The van der Waals surface area contributed by atoms with Crippen LogP contribution in [0.3, 0.4) is 0 Å². The SMILES string of the molecule is CCNC(c1nc2c(s1)CCCC2)c1ccc(F)cc1C. The fourth-order valence-corrected chi connectivity index (χ4v) is 4.24. The van der Waals surface area contributed by atoms with Crippen LogP contribution in [0.25, 0.3) is 0 Å². The molecule has 0 fully saturated rings. The quantitative estimate of drug-likeness (QED) is 0.917. The predicted molar refractivity (Wildman–Crippen MR) is 85.4 cm³/mol. The summed E-state index contributed by atoms with van der Waals surface area (Å²) in [5.41, 5.74) is 3.39. The third kappa shape index (κ3) is 3.01. The molecule has 1 unspecified atom stereocenters. The number of halogens is 1. The van der Waals surface area contributed by atoms with Gasteiger partial charge in [0, 0.05) is 4.88 Å². The Hall–Kier alpha value is -1.26. The maximum Gasteiger partial charge on any atom is 0.123 e. The van der Waals surface area contributed by atoms with Gasteiger partial charge in [-0.05, 0) is 62.4 Å². The molecule has 0 radical (unpaired) electrons. The standard InChI is InChI=1S/C17H21FN2S/c1-3-19-16(13-9-8-12(18)10-11(13)2)17-20-14-6-4-5-7-15(14)21-17/h8-10,16,19H,3-7H2,1-2H3. The Balaban J connectivity index is 1.99. The van der Waals surface area contributed by atoms with Crippen LogP contribution in [0, 0.1) is 12.7 Å². The van der Waals surface area contributed by atoms with Gasteiger partial charge in [-0.15, -0.1) is 11.3 Å². The van der Waals surface area contributed by atoms with E-state index in [1.54, 1.807) is 12.1 Å². The van der Waals surface area contributed by atoms with E-state index in [9.17, 15) is 4.39 Å². The van der Waals surface area contributed by atoms with E-state index in [1.807, 2.05) is 24.3 Å². The molecule has 1 aliphatic rings. The molecule has 0 bridgehead atoms. The van der Waals surface area contributed by atoms with E-state index in [2.05, 4.69) is 12.2 Å². The minimum absolute atomic E-state index is 0.0752. The second-order valence-electron chi connectivity index (χ2n) is 5.62. The lowest BCUT2D eigenvalue weighted by atomic mass is 10.0. The number of rotatable bonds is 4. The summed E-state index contributed by atoms with van der Waals surface area (Å²) in [6.07, 6.45) is 4.79. The molecule has 3 rings (SSSR count). The monoisotopic (exact) mass is 304 g/mol. The molecule has 21 heavy (non-hydrogen) atoms. The van der Waals surface area contributed by atoms with E-state index in [0.717, 1.165) is 35.5 Å². The Kier molecular flexibility index (Phi) is 4.36. The topological polar surface area (TPSA) is 24.9 Å². The second-order valence-corrected chi connectivity index (χ2v) is 6.74. The molecule has 2 nitrogen and oxygen atoms in total. The van der Waals surface area contributed by atoms with Gasteiger partial charge >= 0.3 is 0 Å². The third-order valence-corrected chi connectivity index (χ3v) is 5.28. The number of nitrogens with zero attached hydrogens (tertiary/aromatic N) is 1. The first-order valence-corrected chi connectivity index (χ1v) is 8.48. The summed E-state index contributed by atoms with van der Waals surface area (Å²) in [4.78, 5) is 6.32. The van der Waals surface area contributed by atoms with Gasteiger partial charge in [-0.1, -0.05) is 13.0 Å². The molecule has 0 saturated carbocycles. The average molecular weight is 304 g/mol. The molecule has 0 aliphatic heterocycles. The molecule has 1 aliphatic carbocycles.